The maximum absolute atomic E-state index is 12.5. The molecule has 0 bridgehead atoms. The Hall–Kier alpha value is -1.14. The summed E-state index contributed by atoms with van der Waals surface area (Å²) in [5.41, 5.74) is 0.425. The zero-order chi connectivity index (χ0) is 15.3. The van der Waals surface area contributed by atoms with Crippen LogP contribution in [0.4, 0.5) is 0 Å². The van der Waals surface area contributed by atoms with Gasteiger partial charge in [0.25, 0.3) is 0 Å². The molecule has 0 radical (unpaired) electrons. The molecular weight excluding hydrogens is 286 g/mol. The molecule has 1 unspecified atom stereocenters. The first-order chi connectivity index (χ1) is 10.1. The first kappa shape index (κ1) is 16.2. The molecular formula is C15H23N3O2S. The van der Waals surface area contributed by atoms with E-state index in [-0.39, 0.29) is 5.97 Å². The number of hydrogen-bond donors (Lipinski definition) is 1. The van der Waals surface area contributed by atoms with E-state index in [2.05, 4.69) is 15.3 Å². The summed E-state index contributed by atoms with van der Waals surface area (Å²) in [5, 5.41) is 4.08. The predicted molar refractivity (Wildman–Crippen MR) is 83.3 cm³/mol. The van der Waals surface area contributed by atoms with Gasteiger partial charge in [-0.3, -0.25) is 4.79 Å². The Bertz CT molecular complexity index is 476. The normalized spacial score (nSPS) is 17.3. The van der Waals surface area contributed by atoms with Crippen LogP contribution in [0.3, 0.4) is 0 Å². The second-order valence-corrected chi connectivity index (χ2v) is 6.27. The third-order valence-corrected chi connectivity index (χ3v) is 4.66. The Kier molecular flexibility index (Phi) is 5.58. The van der Waals surface area contributed by atoms with E-state index in [0.29, 0.717) is 23.4 Å². The molecule has 2 rings (SSSR count). The molecule has 1 heterocycles. The fraction of sp³-hybridized carbons (Fsp3) is 0.667. The highest BCUT2D eigenvalue weighted by molar-refractivity contribution is 7.99. The van der Waals surface area contributed by atoms with E-state index in [4.69, 9.17) is 4.74 Å². The summed E-state index contributed by atoms with van der Waals surface area (Å²) < 4.78 is 5.31. The van der Waals surface area contributed by atoms with Crippen molar-refractivity contribution in [1.29, 1.82) is 0 Å². The van der Waals surface area contributed by atoms with Gasteiger partial charge in [-0.15, -0.1) is 0 Å². The average molecular weight is 309 g/mol. The smallest absolute Gasteiger partial charge is 0.327 e. The van der Waals surface area contributed by atoms with Crippen LogP contribution in [0, 0.1) is 12.8 Å². The number of carbonyl (C=O) groups excluding carboxylic acids is 1. The number of nitrogens with one attached hydrogen (secondary N) is 1. The lowest BCUT2D eigenvalue weighted by molar-refractivity contribution is -0.151. The van der Waals surface area contributed by atoms with Gasteiger partial charge in [0, 0.05) is 18.1 Å². The Labute approximate surface area is 130 Å². The molecule has 0 saturated heterocycles. The lowest BCUT2D eigenvalue weighted by atomic mass is 9.95. The Morgan fingerprint density at radius 2 is 2.10 bits per heavy atom. The fourth-order valence-electron chi connectivity index (χ4n) is 2.40. The number of thioether (sulfide) groups is 1. The van der Waals surface area contributed by atoms with Crippen LogP contribution in [-0.2, 0) is 9.53 Å². The van der Waals surface area contributed by atoms with Crippen molar-refractivity contribution in [3.05, 3.63) is 18.0 Å². The molecule has 1 aliphatic rings. The van der Waals surface area contributed by atoms with Gasteiger partial charge in [0.2, 0.25) is 0 Å². The average Bonchev–Trinajstić information content (AvgIpc) is 3.30. The van der Waals surface area contributed by atoms with Crippen molar-refractivity contribution < 1.29 is 9.53 Å². The van der Waals surface area contributed by atoms with Gasteiger partial charge in [-0.25, -0.2) is 9.97 Å². The maximum atomic E-state index is 12.5. The molecule has 1 atom stereocenters. The zero-order valence-corrected chi connectivity index (χ0v) is 13.7. The monoisotopic (exact) mass is 309 g/mol. The largest absolute Gasteiger partial charge is 0.465 e. The molecule has 116 valence electrons. The van der Waals surface area contributed by atoms with Gasteiger partial charge < -0.3 is 10.1 Å². The van der Waals surface area contributed by atoms with Crippen molar-refractivity contribution in [2.45, 2.75) is 44.3 Å². The molecule has 1 aromatic heterocycles. The molecule has 1 aliphatic carbocycles. The number of rotatable bonds is 8. The van der Waals surface area contributed by atoms with Crippen molar-refractivity contribution in [3.8, 4) is 0 Å². The number of likely N-dealkylation sites (N-methyl/N-ethyl adjacent to an activating group) is 1. The number of hydrogen-bond acceptors (Lipinski definition) is 6. The van der Waals surface area contributed by atoms with E-state index in [1.54, 1.807) is 12.4 Å². The number of esters is 1. The first-order valence-corrected chi connectivity index (χ1v) is 8.44. The second kappa shape index (κ2) is 7.22. The summed E-state index contributed by atoms with van der Waals surface area (Å²) in [6, 6.07) is 0. The van der Waals surface area contributed by atoms with Crippen LogP contribution in [0.15, 0.2) is 17.6 Å². The molecule has 0 spiro atoms. The summed E-state index contributed by atoms with van der Waals surface area (Å²) in [5.74, 6) is 0.816. The number of carbonyl (C=O) groups is 1. The number of aromatic nitrogens is 2. The molecule has 5 nitrogen and oxygen atoms in total. The van der Waals surface area contributed by atoms with Crippen molar-refractivity contribution in [1.82, 2.24) is 15.3 Å². The van der Waals surface area contributed by atoms with Crippen molar-refractivity contribution >= 4 is 17.7 Å². The highest BCUT2D eigenvalue weighted by Crippen LogP contribution is 2.42. The zero-order valence-electron chi connectivity index (χ0n) is 12.9. The second-order valence-electron chi connectivity index (χ2n) is 5.33. The first-order valence-electron chi connectivity index (χ1n) is 7.46. The standard InChI is InChI=1S/C15H23N3O2S/c1-4-18-15(12-6-7-12,13(19)20-5-2)10-21-14-16-8-11(3)9-17-14/h8-9,12,18H,4-7,10H2,1-3H3. The van der Waals surface area contributed by atoms with Gasteiger partial charge in [-0.05, 0) is 44.7 Å². The number of aryl methyl sites for hydroxylation is 1. The molecule has 0 amide bonds. The Morgan fingerprint density at radius 3 is 2.62 bits per heavy atom. The Morgan fingerprint density at radius 1 is 1.43 bits per heavy atom. The molecule has 1 saturated carbocycles. The van der Waals surface area contributed by atoms with Gasteiger partial charge >= 0.3 is 5.97 Å². The summed E-state index contributed by atoms with van der Waals surface area (Å²) >= 11 is 1.51. The van der Waals surface area contributed by atoms with Crippen LogP contribution in [0.2, 0.25) is 0 Å². The maximum Gasteiger partial charge on any atom is 0.327 e. The predicted octanol–water partition coefficient (Wildman–Crippen LogP) is 2.20. The number of ether oxygens (including phenoxy) is 1. The van der Waals surface area contributed by atoms with E-state index in [1.165, 1.54) is 11.8 Å². The van der Waals surface area contributed by atoms with Crippen LogP contribution in [-0.4, -0.2) is 40.4 Å². The lowest BCUT2D eigenvalue weighted by Crippen LogP contribution is -2.57. The van der Waals surface area contributed by atoms with E-state index < -0.39 is 5.54 Å². The van der Waals surface area contributed by atoms with Crippen molar-refractivity contribution in [2.24, 2.45) is 5.92 Å². The summed E-state index contributed by atoms with van der Waals surface area (Å²) in [4.78, 5) is 21.1. The highest BCUT2D eigenvalue weighted by atomic mass is 32.2. The third-order valence-electron chi connectivity index (χ3n) is 3.59. The van der Waals surface area contributed by atoms with Crippen LogP contribution >= 0.6 is 11.8 Å². The van der Waals surface area contributed by atoms with Crippen LogP contribution in [0.25, 0.3) is 0 Å². The van der Waals surface area contributed by atoms with Crippen LogP contribution < -0.4 is 5.32 Å². The topological polar surface area (TPSA) is 64.1 Å². The van der Waals surface area contributed by atoms with Crippen LogP contribution in [0.5, 0.6) is 0 Å². The minimum Gasteiger partial charge on any atom is -0.465 e. The Balaban J connectivity index is 2.11. The van der Waals surface area contributed by atoms with E-state index in [0.717, 1.165) is 24.9 Å². The molecule has 1 aromatic rings. The van der Waals surface area contributed by atoms with Gasteiger partial charge in [0.15, 0.2) is 5.16 Å². The van der Waals surface area contributed by atoms with Crippen molar-refractivity contribution in [2.75, 3.05) is 18.9 Å². The van der Waals surface area contributed by atoms with Gasteiger partial charge in [0.1, 0.15) is 5.54 Å². The lowest BCUT2D eigenvalue weighted by Gasteiger charge is -2.31. The molecule has 0 aliphatic heterocycles. The summed E-state index contributed by atoms with van der Waals surface area (Å²) in [7, 11) is 0. The highest BCUT2D eigenvalue weighted by Gasteiger charge is 2.51. The van der Waals surface area contributed by atoms with Gasteiger partial charge in [-0.2, -0.15) is 0 Å². The van der Waals surface area contributed by atoms with Gasteiger partial charge in [0.05, 0.1) is 6.61 Å². The summed E-state index contributed by atoms with van der Waals surface area (Å²) in [6.07, 6.45) is 5.74. The molecule has 21 heavy (non-hydrogen) atoms. The van der Waals surface area contributed by atoms with Crippen LogP contribution in [0.1, 0.15) is 32.3 Å². The molecule has 1 N–H and O–H groups in total. The summed E-state index contributed by atoms with van der Waals surface area (Å²) in [6.45, 7) is 6.97. The molecule has 1 fully saturated rings. The number of nitrogens with zero attached hydrogens (tertiary/aromatic N) is 2. The van der Waals surface area contributed by atoms with Gasteiger partial charge in [-0.1, -0.05) is 18.7 Å². The third kappa shape index (κ3) is 3.95. The minimum absolute atomic E-state index is 0.144. The molecule has 6 heteroatoms. The quantitative estimate of drug-likeness (QED) is 0.451. The molecule has 0 aromatic carbocycles. The van der Waals surface area contributed by atoms with E-state index in [9.17, 15) is 4.79 Å². The fourth-order valence-corrected chi connectivity index (χ4v) is 3.46. The minimum atomic E-state index is -0.607. The van der Waals surface area contributed by atoms with E-state index >= 15 is 0 Å². The van der Waals surface area contributed by atoms with Crippen molar-refractivity contribution in [3.63, 3.8) is 0 Å². The SMILES string of the molecule is CCNC(CSc1ncc(C)cn1)(C(=O)OCC)C1CC1. The van der Waals surface area contributed by atoms with E-state index in [1.807, 2.05) is 20.8 Å².